The van der Waals surface area contributed by atoms with Gasteiger partial charge in [0.2, 0.25) is 0 Å². The summed E-state index contributed by atoms with van der Waals surface area (Å²) >= 11 is 0. The lowest BCUT2D eigenvalue weighted by Crippen LogP contribution is -2.50. The third-order valence-corrected chi connectivity index (χ3v) is 4.06. The fraction of sp³-hybridized carbons (Fsp3) is 0.647. The molecule has 1 aromatic rings. The molecule has 118 valence electrons. The number of piperazine rings is 1. The number of benzene rings is 1. The number of rotatable bonds is 6. The predicted molar refractivity (Wildman–Crippen MR) is 89.1 cm³/mol. The van der Waals surface area contributed by atoms with Crippen molar-refractivity contribution in [3.63, 3.8) is 0 Å². The highest BCUT2D eigenvalue weighted by atomic mass is 16.5. The number of anilines is 1. The van der Waals surface area contributed by atoms with Crippen LogP contribution in [0.5, 0.6) is 5.75 Å². The van der Waals surface area contributed by atoms with E-state index in [0.717, 1.165) is 44.9 Å². The van der Waals surface area contributed by atoms with Gasteiger partial charge in [-0.05, 0) is 24.5 Å². The molecule has 4 nitrogen and oxygen atoms in total. The summed E-state index contributed by atoms with van der Waals surface area (Å²) in [6, 6.07) is 8.61. The summed E-state index contributed by atoms with van der Waals surface area (Å²) in [5, 5.41) is 0. The molecule has 1 aromatic carbocycles. The largest absolute Gasteiger partial charge is 0.497 e. The second-order valence-electron chi connectivity index (χ2n) is 6.38. The van der Waals surface area contributed by atoms with E-state index in [-0.39, 0.29) is 0 Å². The smallest absolute Gasteiger partial charge is 0.120 e. The van der Waals surface area contributed by atoms with Crippen LogP contribution >= 0.6 is 0 Å². The minimum absolute atomic E-state index is 0.299. The van der Waals surface area contributed by atoms with Crippen LogP contribution in [0.4, 0.5) is 5.69 Å². The van der Waals surface area contributed by atoms with Crippen molar-refractivity contribution in [3.05, 3.63) is 24.3 Å². The van der Waals surface area contributed by atoms with Crippen molar-refractivity contribution in [2.75, 3.05) is 44.7 Å². The summed E-state index contributed by atoms with van der Waals surface area (Å²) in [5.41, 5.74) is 7.47. The molecule has 0 radical (unpaired) electrons. The Bertz CT molecular complexity index is 428. The van der Waals surface area contributed by atoms with Gasteiger partial charge in [-0.15, -0.1) is 0 Å². The lowest BCUT2D eigenvalue weighted by Gasteiger charge is -2.37. The highest BCUT2D eigenvalue weighted by molar-refractivity contribution is 5.51. The van der Waals surface area contributed by atoms with Crippen LogP contribution in [0.25, 0.3) is 0 Å². The number of nitrogens with two attached hydrogens (primary N) is 1. The topological polar surface area (TPSA) is 41.7 Å². The number of ether oxygens (including phenoxy) is 1. The Morgan fingerprint density at radius 3 is 2.52 bits per heavy atom. The Balaban J connectivity index is 1.82. The van der Waals surface area contributed by atoms with E-state index < -0.39 is 0 Å². The van der Waals surface area contributed by atoms with E-state index in [2.05, 4.69) is 41.8 Å². The molecule has 2 rings (SSSR count). The average Bonchev–Trinajstić information content (AvgIpc) is 2.47. The van der Waals surface area contributed by atoms with Crippen molar-refractivity contribution in [1.29, 1.82) is 0 Å². The quantitative estimate of drug-likeness (QED) is 0.872. The molecule has 1 saturated heterocycles. The first-order chi connectivity index (χ1) is 10.1. The lowest BCUT2D eigenvalue weighted by atomic mass is 10.0. The van der Waals surface area contributed by atoms with Gasteiger partial charge in [0.15, 0.2) is 0 Å². The summed E-state index contributed by atoms with van der Waals surface area (Å²) in [6.07, 6.45) is 1.11. The number of methoxy groups -OCH3 is 1. The SMILES string of the molecule is COc1cccc(N2CCN(CC(N)CC(C)C)CC2)c1. The normalized spacial score (nSPS) is 18.0. The first-order valence-corrected chi connectivity index (χ1v) is 7.95. The van der Waals surface area contributed by atoms with Gasteiger partial charge >= 0.3 is 0 Å². The Hall–Kier alpha value is -1.26. The Morgan fingerprint density at radius 2 is 1.90 bits per heavy atom. The van der Waals surface area contributed by atoms with E-state index in [1.165, 1.54) is 5.69 Å². The van der Waals surface area contributed by atoms with Crippen LogP contribution in [0.3, 0.4) is 0 Å². The predicted octanol–water partition coefficient (Wildman–Crippen LogP) is 2.19. The maximum atomic E-state index is 6.22. The minimum atomic E-state index is 0.299. The summed E-state index contributed by atoms with van der Waals surface area (Å²) in [4.78, 5) is 4.91. The van der Waals surface area contributed by atoms with Gasteiger partial charge in [0.25, 0.3) is 0 Å². The van der Waals surface area contributed by atoms with Gasteiger partial charge in [0, 0.05) is 50.5 Å². The maximum absolute atomic E-state index is 6.22. The second kappa shape index (κ2) is 7.66. The molecule has 0 aliphatic carbocycles. The summed E-state index contributed by atoms with van der Waals surface area (Å²) in [7, 11) is 1.72. The molecular weight excluding hydrogens is 262 g/mol. The highest BCUT2D eigenvalue weighted by Gasteiger charge is 2.19. The van der Waals surface area contributed by atoms with Gasteiger partial charge in [-0.3, -0.25) is 4.90 Å². The summed E-state index contributed by atoms with van der Waals surface area (Å²) < 4.78 is 5.30. The zero-order chi connectivity index (χ0) is 15.2. The van der Waals surface area contributed by atoms with Crippen LogP contribution in [0.15, 0.2) is 24.3 Å². The van der Waals surface area contributed by atoms with Crippen LogP contribution in [-0.2, 0) is 0 Å². The molecule has 0 bridgehead atoms. The Labute approximate surface area is 128 Å². The van der Waals surface area contributed by atoms with Gasteiger partial charge in [0.1, 0.15) is 5.75 Å². The molecule has 0 saturated carbocycles. The zero-order valence-electron chi connectivity index (χ0n) is 13.6. The molecule has 0 amide bonds. The number of hydrogen-bond donors (Lipinski definition) is 1. The fourth-order valence-corrected chi connectivity index (χ4v) is 3.01. The Morgan fingerprint density at radius 1 is 1.19 bits per heavy atom. The third kappa shape index (κ3) is 4.90. The minimum Gasteiger partial charge on any atom is -0.497 e. The lowest BCUT2D eigenvalue weighted by molar-refractivity contribution is 0.233. The Kier molecular flexibility index (Phi) is 5.88. The van der Waals surface area contributed by atoms with E-state index in [4.69, 9.17) is 10.5 Å². The maximum Gasteiger partial charge on any atom is 0.120 e. The van der Waals surface area contributed by atoms with Crippen LogP contribution < -0.4 is 15.4 Å². The number of nitrogens with zero attached hydrogens (tertiary/aromatic N) is 2. The average molecular weight is 291 g/mol. The molecule has 1 aliphatic rings. The third-order valence-electron chi connectivity index (χ3n) is 4.06. The summed E-state index contributed by atoms with van der Waals surface area (Å²) in [5.74, 6) is 1.60. The van der Waals surface area contributed by atoms with E-state index in [0.29, 0.717) is 12.0 Å². The van der Waals surface area contributed by atoms with Gasteiger partial charge < -0.3 is 15.4 Å². The second-order valence-corrected chi connectivity index (χ2v) is 6.38. The molecule has 0 aromatic heterocycles. The molecule has 1 aliphatic heterocycles. The van der Waals surface area contributed by atoms with Gasteiger partial charge in [0.05, 0.1) is 7.11 Å². The molecular formula is C17H29N3O. The highest BCUT2D eigenvalue weighted by Crippen LogP contribution is 2.22. The molecule has 4 heteroatoms. The van der Waals surface area contributed by atoms with Crippen molar-refractivity contribution in [2.24, 2.45) is 11.7 Å². The monoisotopic (exact) mass is 291 g/mol. The molecule has 1 unspecified atom stereocenters. The van der Waals surface area contributed by atoms with Crippen molar-refractivity contribution in [3.8, 4) is 5.75 Å². The summed E-state index contributed by atoms with van der Waals surface area (Å²) in [6.45, 7) is 9.78. The fourth-order valence-electron chi connectivity index (χ4n) is 3.01. The van der Waals surface area contributed by atoms with Gasteiger partial charge in [-0.1, -0.05) is 19.9 Å². The van der Waals surface area contributed by atoms with Crippen molar-refractivity contribution < 1.29 is 4.74 Å². The van der Waals surface area contributed by atoms with Crippen molar-refractivity contribution >= 4 is 5.69 Å². The standard InChI is InChI=1S/C17H29N3O/c1-14(2)11-15(18)13-19-7-9-20(10-8-19)16-5-4-6-17(12-16)21-3/h4-6,12,14-15H,7-11,13,18H2,1-3H3. The zero-order valence-corrected chi connectivity index (χ0v) is 13.6. The molecule has 0 spiro atoms. The van der Waals surface area contributed by atoms with Gasteiger partial charge in [-0.2, -0.15) is 0 Å². The van der Waals surface area contributed by atoms with Crippen molar-refractivity contribution in [1.82, 2.24) is 4.90 Å². The molecule has 1 heterocycles. The molecule has 2 N–H and O–H groups in total. The molecule has 1 fully saturated rings. The number of hydrogen-bond acceptors (Lipinski definition) is 4. The van der Waals surface area contributed by atoms with E-state index in [9.17, 15) is 0 Å². The van der Waals surface area contributed by atoms with Gasteiger partial charge in [-0.25, -0.2) is 0 Å². The molecule has 21 heavy (non-hydrogen) atoms. The first-order valence-electron chi connectivity index (χ1n) is 7.95. The van der Waals surface area contributed by atoms with Crippen LogP contribution in [0, 0.1) is 5.92 Å². The van der Waals surface area contributed by atoms with E-state index in [1.807, 2.05) is 6.07 Å². The first kappa shape index (κ1) is 16.1. The van der Waals surface area contributed by atoms with Crippen molar-refractivity contribution in [2.45, 2.75) is 26.3 Å². The molecule has 1 atom stereocenters. The van der Waals surface area contributed by atoms with Crippen LogP contribution in [-0.4, -0.2) is 50.8 Å². The van der Waals surface area contributed by atoms with Crippen LogP contribution in [0.2, 0.25) is 0 Å². The van der Waals surface area contributed by atoms with Crippen LogP contribution in [0.1, 0.15) is 20.3 Å². The van der Waals surface area contributed by atoms with E-state index in [1.54, 1.807) is 7.11 Å². The van der Waals surface area contributed by atoms with E-state index >= 15 is 0 Å².